The smallest absolute Gasteiger partial charge is 0.240 e. The summed E-state index contributed by atoms with van der Waals surface area (Å²) in [6, 6.07) is 9.65. The number of nitrogens with zero attached hydrogens (tertiary/aromatic N) is 3. The number of carbonyl (C=O) groups is 2. The van der Waals surface area contributed by atoms with E-state index in [2.05, 4.69) is 21.7 Å². The first-order valence-electron chi connectivity index (χ1n) is 8.24. The molecule has 24 heavy (non-hydrogen) atoms. The average Bonchev–Trinajstić information content (AvgIpc) is 2.61. The molecule has 130 valence electrons. The maximum Gasteiger partial charge on any atom is 0.240 e. The van der Waals surface area contributed by atoms with E-state index in [1.807, 2.05) is 30.3 Å². The Bertz CT molecular complexity index is 553. The molecule has 0 aliphatic carbocycles. The zero-order chi connectivity index (χ0) is 17.4. The first-order valence-corrected chi connectivity index (χ1v) is 8.24. The molecule has 0 bridgehead atoms. The number of hydrogen-bond acceptors (Lipinski definition) is 4. The summed E-state index contributed by atoms with van der Waals surface area (Å²) < 4.78 is 0. The molecule has 1 aliphatic rings. The van der Waals surface area contributed by atoms with E-state index in [0.717, 1.165) is 31.9 Å². The van der Waals surface area contributed by atoms with Gasteiger partial charge in [0.25, 0.3) is 0 Å². The van der Waals surface area contributed by atoms with Crippen LogP contribution in [0.25, 0.3) is 0 Å². The maximum atomic E-state index is 12.4. The Kier molecular flexibility index (Phi) is 6.96. The number of piperazine rings is 1. The largest absolute Gasteiger partial charge is 0.352 e. The molecule has 1 aliphatic heterocycles. The van der Waals surface area contributed by atoms with Gasteiger partial charge < -0.3 is 10.2 Å². The highest BCUT2D eigenvalue weighted by molar-refractivity contribution is 5.94. The molecule has 1 saturated heterocycles. The Morgan fingerprint density at radius 3 is 2.29 bits per heavy atom. The Morgan fingerprint density at radius 2 is 1.71 bits per heavy atom. The highest BCUT2D eigenvalue weighted by Gasteiger charge is 2.22. The van der Waals surface area contributed by atoms with E-state index in [0.29, 0.717) is 19.6 Å². The fourth-order valence-electron chi connectivity index (χ4n) is 2.64. The molecule has 6 nitrogen and oxygen atoms in total. The van der Waals surface area contributed by atoms with Crippen molar-refractivity contribution >= 4 is 17.5 Å². The Morgan fingerprint density at radius 1 is 1.12 bits per heavy atom. The minimum atomic E-state index is 0.0169. The molecule has 1 aromatic carbocycles. The number of amides is 2. The summed E-state index contributed by atoms with van der Waals surface area (Å²) in [7, 11) is 1.80. The molecule has 0 aromatic heterocycles. The van der Waals surface area contributed by atoms with Gasteiger partial charge >= 0.3 is 0 Å². The SMILES string of the molecule is C=CCNC(=O)CN1CCN(CC(=O)N(C)c2ccccc2)CC1. The lowest BCUT2D eigenvalue weighted by molar-refractivity contribution is -0.123. The molecule has 6 heteroatoms. The highest BCUT2D eigenvalue weighted by Crippen LogP contribution is 2.12. The van der Waals surface area contributed by atoms with Crippen LogP contribution >= 0.6 is 0 Å². The van der Waals surface area contributed by atoms with Crippen molar-refractivity contribution in [3.05, 3.63) is 43.0 Å². The van der Waals surface area contributed by atoms with E-state index >= 15 is 0 Å². The number of anilines is 1. The van der Waals surface area contributed by atoms with Crippen molar-refractivity contribution in [2.45, 2.75) is 0 Å². The lowest BCUT2D eigenvalue weighted by Crippen LogP contribution is -2.51. The molecule has 0 radical (unpaired) electrons. The quantitative estimate of drug-likeness (QED) is 0.743. The number of para-hydroxylation sites is 1. The lowest BCUT2D eigenvalue weighted by atomic mass is 10.2. The number of carbonyl (C=O) groups excluding carboxylic acids is 2. The normalized spacial score (nSPS) is 15.7. The summed E-state index contributed by atoms with van der Waals surface area (Å²) in [5.41, 5.74) is 0.903. The van der Waals surface area contributed by atoms with Gasteiger partial charge in [-0.05, 0) is 12.1 Å². The van der Waals surface area contributed by atoms with Gasteiger partial charge in [0.1, 0.15) is 0 Å². The van der Waals surface area contributed by atoms with Gasteiger partial charge in [-0.3, -0.25) is 19.4 Å². The Balaban J connectivity index is 1.73. The van der Waals surface area contributed by atoms with Gasteiger partial charge in [0.2, 0.25) is 11.8 Å². The lowest BCUT2D eigenvalue weighted by Gasteiger charge is -2.34. The number of hydrogen-bond donors (Lipinski definition) is 1. The summed E-state index contributed by atoms with van der Waals surface area (Å²) in [6.45, 7) is 8.07. The van der Waals surface area contributed by atoms with Gasteiger partial charge in [0.05, 0.1) is 13.1 Å². The van der Waals surface area contributed by atoms with Gasteiger partial charge in [-0.1, -0.05) is 24.3 Å². The zero-order valence-corrected chi connectivity index (χ0v) is 14.3. The van der Waals surface area contributed by atoms with Gasteiger partial charge in [-0.25, -0.2) is 0 Å². The molecule has 0 unspecified atom stereocenters. The molecule has 1 aromatic rings. The number of nitrogens with one attached hydrogen (secondary N) is 1. The van der Waals surface area contributed by atoms with Crippen molar-refractivity contribution < 1.29 is 9.59 Å². The monoisotopic (exact) mass is 330 g/mol. The van der Waals surface area contributed by atoms with E-state index in [9.17, 15) is 9.59 Å². The fourth-order valence-corrected chi connectivity index (χ4v) is 2.64. The number of benzene rings is 1. The molecule has 0 spiro atoms. The minimum absolute atomic E-state index is 0.0169. The third kappa shape index (κ3) is 5.47. The molecule has 2 amide bonds. The molecular weight excluding hydrogens is 304 g/mol. The molecule has 0 atom stereocenters. The second-order valence-electron chi connectivity index (χ2n) is 5.93. The third-order valence-corrected chi connectivity index (χ3v) is 4.15. The van der Waals surface area contributed by atoms with Gasteiger partial charge in [0, 0.05) is 45.5 Å². The molecule has 1 N–H and O–H groups in total. The molecule has 0 saturated carbocycles. The van der Waals surface area contributed by atoms with Gasteiger partial charge in [-0.2, -0.15) is 0 Å². The van der Waals surface area contributed by atoms with Crippen LogP contribution in [0, 0.1) is 0 Å². The van der Waals surface area contributed by atoms with Crippen LogP contribution < -0.4 is 10.2 Å². The predicted octanol–water partition coefficient (Wildman–Crippen LogP) is 0.569. The van der Waals surface area contributed by atoms with Crippen molar-refractivity contribution in [1.82, 2.24) is 15.1 Å². The van der Waals surface area contributed by atoms with Crippen LogP contribution in [0.3, 0.4) is 0 Å². The average molecular weight is 330 g/mol. The van der Waals surface area contributed by atoms with Gasteiger partial charge in [0.15, 0.2) is 0 Å². The third-order valence-electron chi connectivity index (χ3n) is 4.15. The first-order chi connectivity index (χ1) is 11.6. The summed E-state index contributed by atoms with van der Waals surface area (Å²) in [5, 5.41) is 2.78. The predicted molar refractivity (Wildman–Crippen MR) is 95.9 cm³/mol. The molecular formula is C18H26N4O2. The molecule has 1 heterocycles. The van der Waals surface area contributed by atoms with Crippen LogP contribution in [-0.4, -0.2) is 74.5 Å². The van der Waals surface area contributed by atoms with Crippen LogP contribution in [0.2, 0.25) is 0 Å². The van der Waals surface area contributed by atoms with Crippen LogP contribution in [0.15, 0.2) is 43.0 Å². The van der Waals surface area contributed by atoms with E-state index < -0.39 is 0 Å². The standard InChI is InChI=1S/C18H26N4O2/c1-3-9-19-17(23)14-21-10-12-22(13-11-21)15-18(24)20(2)16-7-5-4-6-8-16/h3-8H,1,9-15H2,2H3,(H,19,23). The highest BCUT2D eigenvalue weighted by atomic mass is 16.2. The van der Waals surface area contributed by atoms with Crippen molar-refractivity contribution in [2.24, 2.45) is 0 Å². The second kappa shape index (κ2) is 9.20. The summed E-state index contributed by atoms with van der Waals surface area (Å²) in [5.74, 6) is 0.0987. The van der Waals surface area contributed by atoms with Crippen molar-refractivity contribution in [2.75, 3.05) is 57.8 Å². The van der Waals surface area contributed by atoms with Crippen molar-refractivity contribution in [3.63, 3.8) is 0 Å². The molecule has 2 rings (SSSR count). The maximum absolute atomic E-state index is 12.4. The van der Waals surface area contributed by atoms with Crippen molar-refractivity contribution in [1.29, 1.82) is 0 Å². The fraction of sp³-hybridized carbons (Fsp3) is 0.444. The van der Waals surface area contributed by atoms with E-state index in [-0.39, 0.29) is 11.8 Å². The van der Waals surface area contributed by atoms with Crippen LogP contribution in [0.5, 0.6) is 0 Å². The van der Waals surface area contributed by atoms with Crippen LogP contribution in [0.4, 0.5) is 5.69 Å². The number of likely N-dealkylation sites (N-methyl/N-ethyl adjacent to an activating group) is 1. The van der Waals surface area contributed by atoms with Crippen LogP contribution in [-0.2, 0) is 9.59 Å². The Hall–Kier alpha value is -2.18. The topological polar surface area (TPSA) is 55.9 Å². The first kappa shape index (κ1) is 18.2. The summed E-state index contributed by atoms with van der Waals surface area (Å²) in [4.78, 5) is 30.0. The van der Waals surface area contributed by atoms with E-state index in [1.165, 1.54) is 0 Å². The van der Waals surface area contributed by atoms with E-state index in [4.69, 9.17) is 0 Å². The zero-order valence-electron chi connectivity index (χ0n) is 14.3. The minimum Gasteiger partial charge on any atom is -0.352 e. The van der Waals surface area contributed by atoms with Crippen LogP contribution in [0.1, 0.15) is 0 Å². The summed E-state index contributed by atoms with van der Waals surface area (Å²) >= 11 is 0. The molecule has 1 fully saturated rings. The summed E-state index contributed by atoms with van der Waals surface area (Å²) in [6.07, 6.45) is 1.67. The Labute approximate surface area is 143 Å². The van der Waals surface area contributed by atoms with E-state index in [1.54, 1.807) is 18.0 Å². The van der Waals surface area contributed by atoms with Gasteiger partial charge in [-0.15, -0.1) is 6.58 Å². The second-order valence-corrected chi connectivity index (χ2v) is 5.93. The number of rotatable bonds is 7. The van der Waals surface area contributed by atoms with Crippen molar-refractivity contribution in [3.8, 4) is 0 Å².